The van der Waals surface area contributed by atoms with Gasteiger partial charge in [0.25, 0.3) is 5.69 Å². The maximum absolute atomic E-state index is 14.3. The minimum absolute atomic E-state index is 0.116. The van der Waals surface area contributed by atoms with Gasteiger partial charge < -0.3 is 21.7 Å². The first kappa shape index (κ1) is 59.2. The Morgan fingerprint density at radius 3 is 1.15 bits per heavy atom. The lowest BCUT2D eigenvalue weighted by Crippen LogP contribution is -2.08. The van der Waals surface area contributed by atoms with Crippen molar-refractivity contribution in [3.05, 3.63) is 232 Å². The van der Waals surface area contributed by atoms with Gasteiger partial charge >= 0.3 is 18.5 Å². The van der Waals surface area contributed by atoms with Crippen LogP contribution in [0.2, 0.25) is 0 Å². The van der Waals surface area contributed by atoms with E-state index in [2.05, 4.69) is 45.9 Å². The number of benzene rings is 6. The topological polar surface area (TPSA) is 197 Å². The van der Waals surface area contributed by atoms with Crippen molar-refractivity contribution >= 4 is 79.0 Å². The lowest BCUT2D eigenvalue weighted by atomic mass is 10.1. The van der Waals surface area contributed by atoms with E-state index in [9.17, 15) is 58.4 Å². The van der Waals surface area contributed by atoms with E-state index < -0.39 is 57.5 Å². The molecule has 0 atom stereocenters. The number of para-hydroxylation sites is 6. The summed E-state index contributed by atoms with van der Waals surface area (Å²) in [5, 5.41) is 19.7. The Morgan fingerprint density at radius 1 is 0.425 bits per heavy atom. The van der Waals surface area contributed by atoms with Crippen molar-refractivity contribution in [2.24, 2.45) is 0 Å². The monoisotopic (exact) mass is 1200 g/mol. The zero-order valence-corrected chi connectivity index (χ0v) is 45.3. The van der Waals surface area contributed by atoms with E-state index in [1.807, 2.05) is 60.0 Å². The molecule has 12 rings (SSSR count). The molecule has 16 nitrogen and oxygen atoms in total. The average molecular weight is 1200 g/mol. The number of alkyl halides is 9. The second kappa shape index (κ2) is 23.6. The molecular weight excluding hydrogens is 1160 g/mol. The number of nitrogens with two attached hydrogens (primary N) is 1. The molecule has 0 aliphatic rings. The number of nitro benzene ring substituents is 1. The summed E-state index contributed by atoms with van der Waals surface area (Å²) in [5.74, 6) is 2.22. The van der Waals surface area contributed by atoms with Crippen LogP contribution in [0.4, 0.5) is 94.2 Å². The molecule has 0 amide bonds. The van der Waals surface area contributed by atoms with Gasteiger partial charge in [0.2, 0.25) is 0 Å². The van der Waals surface area contributed by atoms with Gasteiger partial charge in [0.1, 0.15) is 69.7 Å². The largest absolute Gasteiger partial charge is 0.416 e. The predicted molar refractivity (Wildman–Crippen MR) is 306 cm³/mol. The van der Waals surface area contributed by atoms with Gasteiger partial charge in [-0.1, -0.05) is 36.4 Å². The highest BCUT2D eigenvalue weighted by Crippen LogP contribution is 2.37. The summed E-state index contributed by atoms with van der Waals surface area (Å²) >= 11 is 0. The number of nitrogens with one attached hydrogen (secondary N) is 3. The number of pyridine rings is 3. The number of aromatic nitrogens is 9. The van der Waals surface area contributed by atoms with E-state index in [-0.39, 0.29) is 23.1 Å². The maximum atomic E-state index is 14.3. The molecule has 5 N–H and O–H groups in total. The summed E-state index contributed by atoms with van der Waals surface area (Å²) in [6.07, 6.45) is -13.5. The third kappa shape index (κ3) is 13.4. The molecule has 0 saturated heterocycles. The summed E-state index contributed by atoms with van der Waals surface area (Å²) < 4.78 is 149. The first-order valence-corrected chi connectivity index (χ1v) is 25.7. The number of anilines is 7. The zero-order valence-electron chi connectivity index (χ0n) is 45.3. The lowest BCUT2D eigenvalue weighted by molar-refractivity contribution is -0.384. The standard InChI is InChI=1S/C20H13F4N5O2.C20H14F4N4.C20H16F3N5/c1-11-25-14-4-2-3-5-16(14)28(11)19-10-13(21)9-18(27-19)26-15-7-6-12(20(22,23)24)8-17(15)29(30)31;1-12-25-16-4-2-3-5-17(16)28(12)19-11-14(21)10-18(27-19)26-15-8-6-13(7-9-15)20(22,23)24;1-12-25-16-4-2-3-5-17(16)28(12)19-11-14(24)10-18(27-19)26-15-8-6-13(7-9-15)20(21,22)23/h2-10H,1H3,(H,26,27);2-11H,1H3,(H,26,27);2-11H,1H3,(H3,24,26,27). The summed E-state index contributed by atoms with van der Waals surface area (Å²) in [7, 11) is 0. The molecule has 12 aromatic rings. The highest BCUT2D eigenvalue weighted by atomic mass is 19.4. The van der Waals surface area contributed by atoms with E-state index in [0.717, 1.165) is 70.4 Å². The molecule has 0 saturated carbocycles. The smallest absolute Gasteiger partial charge is 0.399 e. The number of nitrogens with zero attached hydrogens (tertiary/aromatic N) is 10. The molecule has 0 bridgehead atoms. The van der Waals surface area contributed by atoms with Gasteiger partial charge in [-0.05, 0) is 118 Å². The fourth-order valence-electron chi connectivity index (χ4n) is 9.23. The quantitative estimate of drug-likeness (QED) is 0.0575. The SMILES string of the molecule is Cc1nc2ccccc2n1-c1cc(F)cc(Nc2ccc(C(F)(F)F)cc2)n1.Cc1nc2ccccc2n1-c1cc(F)cc(Nc2ccc(C(F)(F)F)cc2[N+](=O)[O-])n1.Cc1nc2ccccc2n1-c1cc(N)cc(Nc2ccc(C(F)(F)F)cc2)n1. The number of halogens is 11. The van der Waals surface area contributed by atoms with Crippen LogP contribution in [0.15, 0.2) is 176 Å². The number of hydrogen-bond acceptors (Lipinski definition) is 12. The number of hydrogen-bond donors (Lipinski definition) is 4. The zero-order chi connectivity index (χ0) is 62.1. The van der Waals surface area contributed by atoms with Crippen LogP contribution < -0.4 is 21.7 Å². The first-order chi connectivity index (χ1) is 41.2. The van der Waals surface area contributed by atoms with Gasteiger partial charge in [-0.15, -0.1) is 0 Å². The van der Waals surface area contributed by atoms with Crippen LogP contribution in [0.3, 0.4) is 0 Å². The third-order valence-corrected chi connectivity index (χ3v) is 13.0. The molecular formula is C60H43F11N14O2. The summed E-state index contributed by atoms with van der Waals surface area (Å²) in [5.41, 5.74) is 8.23. The number of aryl methyl sites for hydroxylation is 3. The Morgan fingerprint density at radius 2 is 0.770 bits per heavy atom. The van der Waals surface area contributed by atoms with Crippen LogP contribution in [0, 0.1) is 42.5 Å². The van der Waals surface area contributed by atoms with Gasteiger partial charge in [-0.3, -0.25) is 23.8 Å². The van der Waals surface area contributed by atoms with Gasteiger partial charge in [-0.25, -0.2) is 38.7 Å². The second-order valence-corrected chi connectivity index (χ2v) is 19.2. The molecule has 0 aliphatic heterocycles. The lowest BCUT2D eigenvalue weighted by Gasteiger charge is -2.12. The van der Waals surface area contributed by atoms with Crippen molar-refractivity contribution < 1.29 is 53.2 Å². The molecule has 27 heteroatoms. The summed E-state index contributed by atoms with van der Waals surface area (Å²) in [6, 6.07) is 41.3. The molecule has 442 valence electrons. The number of fused-ring (bicyclic) bond motifs is 3. The van der Waals surface area contributed by atoms with Crippen molar-refractivity contribution in [3.8, 4) is 17.5 Å². The van der Waals surface area contributed by atoms with E-state index >= 15 is 0 Å². The van der Waals surface area contributed by atoms with Crippen LogP contribution in [0.5, 0.6) is 0 Å². The number of nitro groups is 1. The summed E-state index contributed by atoms with van der Waals surface area (Å²) in [4.78, 5) is 36.9. The van der Waals surface area contributed by atoms with Crippen molar-refractivity contribution in [3.63, 3.8) is 0 Å². The Hall–Kier alpha value is -11.0. The van der Waals surface area contributed by atoms with Crippen LogP contribution in [-0.4, -0.2) is 48.5 Å². The maximum Gasteiger partial charge on any atom is 0.416 e. The Balaban J connectivity index is 0.000000145. The molecule has 6 aromatic carbocycles. The van der Waals surface area contributed by atoms with Crippen molar-refractivity contribution in [2.75, 3.05) is 21.7 Å². The molecule has 0 spiro atoms. The van der Waals surface area contributed by atoms with Crippen LogP contribution in [-0.2, 0) is 18.5 Å². The minimum Gasteiger partial charge on any atom is -0.399 e. The number of rotatable bonds is 10. The van der Waals surface area contributed by atoms with Gasteiger partial charge in [-0.2, -0.15) is 39.5 Å². The van der Waals surface area contributed by atoms with Crippen molar-refractivity contribution in [1.82, 2.24) is 43.6 Å². The van der Waals surface area contributed by atoms with Crippen molar-refractivity contribution in [2.45, 2.75) is 39.3 Å². The fraction of sp³-hybridized carbons (Fsp3) is 0.100. The molecule has 0 fully saturated rings. The molecule has 87 heavy (non-hydrogen) atoms. The minimum atomic E-state index is -4.74. The highest BCUT2D eigenvalue weighted by molar-refractivity contribution is 5.80. The molecule has 6 aromatic heterocycles. The van der Waals surface area contributed by atoms with Crippen LogP contribution >= 0.6 is 0 Å². The summed E-state index contributed by atoms with van der Waals surface area (Å²) in [6.45, 7) is 5.36. The number of imidazole rings is 3. The second-order valence-electron chi connectivity index (χ2n) is 19.2. The van der Waals surface area contributed by atoms with Gasteiger partial charge in [0.05, 0.1) is 54.7 Å². The van der Waals surface area contributed by atoms with Gasteiger partial charge in [0, 0.05) is 59.5 Å². The fourth-order valence-corrected chi connectivity index (χ4v) is 9.23. The Labute approximate surface area is 484 Å². The first-order valence-electron chi connectivity index (χ1n) is 25.7. The Kier molecular flexibility index (Phi) is 16.0. The normalized spacial score (nSPS) is 11.7. The van der Waals surface area contributed by atoms with Crippen LogP contribution in [0.25, 0.3) is 50.6 Å². The van der Waals surface area contributed by atoms with E-state index in [0.29, 0.717) is 69.3 Å². The predicted octanol–water partition coefficient (Wildman–Crippen LogP) is 16.2. The molecule has 0 radical (unpaired) electrons. The number of nitrogen functional groups attached to an aromatic ring is 1. The average Bonchev–Trinajstić information content (AvgIpc) is 2.01. The van der Waals surface area contributed by atoms with E-state index in [1.54, 1.807) is 59.4 Å². The molecule has 0 unspecified atom stereocenters. The highest BCUT2D eigenvalue weighted by Gasteiger charge is 2.34. The van der Waals surface area contributed by atoms with E-state index in [4.69, 9.17) is 5.73 Å². The third-order valence-electron chi connectivity index (χ3n) is 13.0. The molecule has 0 aliphatic carbocycles. The molecule has 6 heterocycles. The Bertz CT molecular complexity index is 4340. The van der Waals surface area contributed by atoms with E-state index in [1.165, 1.54) is 36.4 Å². The van der Waals surface area contributed by atoms with Crippen LogP contribution in [0.1, 0.15) is 34.2 Å². The van der Waals surface area contributed by atoms with Crippen molar-refractivity contribution in [1.29, 1.82) is 0 Å². The van der Waals surface area contributed by atoms with Gasteiger partial charge in [0.15, 0.2) is 0 Å².